The van der Waals surface area contributed by atoms with E-state index in [9.17, 15) is 33.9 Å². The Morgan fingerprint density at radius 1 is 0.333 bits per heavy atom. The normalized spacial score (nSPS) is 13.2. The van der Waals surface area contributed by atoms with E-state index in [1.165, 1.54) is 59.6 Å². The van der Waals surface area contributed by atoms with Crippen LogP contribution in [0.25, 0.3) is 0 Å². The van der Waals surface area contributed by atoms with Crippen molar-refractivity contribution in [2.75, 3.05) is 7.11 Å². The summed E-state index contributed by atoms with van der Waals surface area (Å²) in [5.74, 6) is 6.14. The fourth-order valence-electron chi connectivity index (χ4n) is 12.3. The highest BCUT2D eigenvalue weighted by atomic mass is 16.6. The van der Waals surface area contributed by atoms with Crippen molar-refractivity contribution in [2.24, 2.45) is 27.1 Å². The first-order valence-corrected chi connectivity index (χ1v) is 52.4. The molecule has 5 N–H and O–H groups in total. The summed E-state index contributed by atoms with van der Waals surface area (Å²) in [7, 11) is 1.56. The van der Waals surface area contributed by atoms with E-state index >= 15 is 0 Å². The number of ketones is 1. The van der Waals surface area contributed by atoms with Crippen LogP contribution < -0.4 is 14.2 Å². The molecule has 18 nitrogen and oxygen atoms in total. The van der Waals surface area contributed by atoms with Crippen LogP contribution >= 0.6 is 0 Å². The third-order valence-electron chi connectivity index (χ3n) is 26.3. The maximum absolute atomic E-state index is 12.0. The lowest BCUT2D eigenvalue weighted by Gasteiger charge is -2.32. The van der Waals surface area contributed by atoms with Crippen LogP contribution in [0.1, 0.15) is 458 Å². The first-order valence-electron chi connectivity index (χ1n) is 52.4. The number of ether oxygens (including phenoxy) is 7. The molecule has 0 heterocycles. The molecule has 0 radical (unpaired) electrons. The van der Waals surface area contributed by atoms with Gasteiger partial charge in [-0.25, -0.2) is 0 Å². The highest BCUT2D eigenvalue weighted by molar-refractivity contribution is 5.97. The monoisotopic (exact) mass is 2000 g/mol. The predicted octanol–water partition coefficient (Wildman–Crippen LogP) is 35.2. The van der Waals surface area contributed by atoms with E-state index in [1.807, 2.05) is 236 Å². The lowest BCUT2D eigenvalue weighted by molar-refractivity contribution is -0.171. The highest BCUT2D eigenvalue weighted by Gasteiger charge is 2.40. The number of benzene rings is 8. The second-order valence-electron chi connectivity index (χ2n) is 43.8. The molecule has 144 heavy (non-hydrogen) atoms. The Morgan fingerprint density at radius 3 is 0.910 bits per heavy atom. The molecule has 9 rings (SSSR count). The minimum Gasteiger partial charge on any atom is -0.508 e. The molecule has 0 bridgehead atoms. The Morgan fingerprint density at radius 2 is 0.618 bits per heavy atom. The number of methoxy groups -OCH3 is 1. The Kier molecular flexibility index (Phi) is 64.9. The molecular weight excluding hydrogens is 1800 g/mol. The SMILES string of the molecule is C.CCC(C)(C)C(=O)OC(C)(C)C.CCC(C)(C)C(=O)OC(C)(C)C.CCC(C)(C)C(=O)OCc1ccccc1.CCC(C)(C)C(=O)Oc1ccccc1C(C)=O.CCC(C)c1ccc(O)c(OC)c1.CCC(C)c1ccc(O)cc1.CCC(C)c1ccc(O)cc1.CCC(C)c1ccc(O)cc1.CCC(C)c1ccc(O)cc1.CCC(C)c1ccc(OC(C)(C)C)cc1.CCC1(OC(=O)C(C)(C)CC)CCCC1. The molecule has 1 aliphatic carbocycles. The van der Waals surface area contributed by atoms with Gasteiger partial charge in [0.2, 0.25) is 0 Å². The van der Waals surface area contributed by atoms with Gasteiger partial charge in [0.25, 0.3) is 0 Å². The summed E-state index contributed by atoms with van der Waals surface area (Å²) in [4.78, 5) is 69.9. The van der Waals surface area contributed by atoms with Crippen LogP contribution in [0.3, 0.4) is 0 Å². The Labute approximate surface area is 874 Å². The van der Waals surface area contributed by atoms with Crippen LogP contribution in [0.15, 0.2) is 194 Å². The fraction of sp³-hybridized carbons (Fsp3) is 0.571. The third-order valence-corrected chi connectivity index (χ3v) is 26.3. The molecule has 0 saturated heterocycles. The van der Waals surface area contributed by atoms with Gasteiger partial charge in [0.15, 0.2) is 17.3 Å². The van der Waals surface area contributed by atoms with Crippen molar-refractivity contribution in [1.29, 1.82) is 0 Å². The number of esters is 5. The van der Waals surface area contributed by atoms with Gasteiger partial charge in [-0.05, 0) is 401 Å². The summed E-state index contributed by atoms with van der Waals surface area (Å²) < 4.78 is 37.6. The molecule has 0 aromatic heterocycles. The van der Waals surface area contributed by atoms with Gasteiger partial charge in [0.05, 0.1) is 39.7 Å². The predicted molar refractivity (Wildman–Crippen MR) is 601 cm³/mol. The summed E-state index contributed by atoms with van der Waals surface area (Å²) in [5, 5.41) is 45.4. The third kappa shape index (κ3) is 56.2. The standard InChI is InChI=1S/C14H18O3.C14H22O.C13H24O2.C13H18O2.C11H16O2.2C10H20O2.4C10H14O.CH4/c1-5-14(3,4)13(16)17-12-9-7-6-8-11(12)10(2)15;1-6-11(2)12-7-9-13(10-8-12)15-14(3,4)5;1-5-12(3,4)11(14)15-13(6-2)9-7-8-10-13;1-4-13(2,3)12(14)15-10-11-8-6-5-7-9-11;1-4-8(2)9-5-6-10(12)11(7-9)13-3;2*1-7-10(5,6)8(11)12-9(2,3)4;4*1-3-8(2)9-4-6-10(11)7-5-9;/h6-9H,5H2,1-4H3;7-11H,6H2,1-5H3;5-10H2,1-4H3;5-9H,4,10H2,1-3H3;5-8,12H,4H2,1-3H3;2*7H2,1-6H3;4*4-8,11H,3H2,1-2H3;1H4. The van der Waals surface area contributed by atoms with Crippen molar-refractivity contribution in [2.45, 2.75) is 438 Å². The maximum atomic E-state index is 12.0. The molecule has 8 aromatic carbocycles. The van der Waals surface area contributed by atoms with E-state index in [0.717, 1.165) is 88.4 Å². The van der Waals surface area contributed by atoms with Gasteiger partial charge in [-0.1, -0.05) is 241 Å². The van der Waals surface area contributed by atoms with Crippen molar-refractivity contribution in [3.63, 3.8) is 0 Å². The van der Waals surface area contributed by atoms with E-state index in [2.05, 4.69) is 135 Å². The Hall–Kier alpha value is -10.6. The van der Waals surface area contributed by atoms with E-state index in [-0.39, 0.29) is 92.9 Å². The zero-order valence-electron chi connectivity index (χ0n) is 96.0. The summed E-state index contributed by atoms with van der Waals surface area (Å²) in [6, 6.07) is 60.2. The molecular formula is C126H198O18. The van der Waals surface area contributed by atoms with Crippen LogP contribution in [0.2, 0.25) is 0 Å². The minimum absolute atomic E-state index is 0. The summed E-state index contributed by atoms with van der Waals surface area (Å²) in [6.45, 7) is 76.6. The molecule has 6 unspecified atom stereocenters. The molecule has 810 valence electrons. The lowest BCUT2D eigenvalue weighted by atomic mass is 9.89. The molecule has 0 spiro atoms. The molecule has 1 fully saturated rings. The first kappa shape index (κ1) is 138. The number of hydrogen-bond acceptors (Lipinski definition) is 18. The van der Waals surface area contributed by atoms with Crippen molar-refractivity contribution < 1.29 is 87.5 Å². The molecule has 6 atom stereocenters. The van der Waals surface area contributed by atoms with Crippen LogP contribution in [0.5, 0.6) is 46.0 Å². The number of carbonyl (C=O) groups excluding carboxylic acids is 6. The lowest BCUT2D eigenvalue weighted by Crippen LogP contribution is -2.37. The minimum atomic E-state index is -0.538. The number of rotatable bonds is 30. The van der Waals surface area contributed by atoms with Gasteiger partial charge in [-0.2, -0.15) is 0 Å². The van der Waals surface area contributed by atoms with Crippen LogP contribution in [0, 0.1) is 27.1 Å². The number of hydrogen-bond donors (Lipinski definition) is 5. The van der Waals surface area contributed by atoms with Gasteiger partial charge in [-0.3, -0.25) is 28.8 Å². The van der Waals surface area contributed by atoms with Gasteiger partial charge in [-0.15, -0.1) is 0 Å². The van der Waals surface area contributed by atoms with E-state index in [1.54, 1.807) is 86.0 Å². The van der Waals surface area contributed by atoms with E-state index < -0.39 is 5.41 Å². The van der Waals surface area contributed by atoms with Gasteiger partial charge >= 0.3 is 29.8 Å². The number of phenols is 5. The molecule has 0 amide bonds. The molecule has 1 aliphatic rings. The second-order valence-corrected chi connectivity index (χ2v) is 43.8. The second kappa shape index (κ2) is 67.9. The average Bonchev–Trinajstić information content (AvgIpc) is 1.66. The maximum Gasteiger partial charge on any atom is 0.316 e. The number of para-hydroxylation sites is 1. The van der Waals surface area contributed by atoms with E-state index in [0.29, 0.717) is 88.6 Å². The Bertz CT molecular complexity index is 4580. The topological polar surface area (TPSA) is 268 Å². The number of phenolic OH excluding ortho intramolecular Hbond substituents is 5. The molecule has 1 saturated carbocycles. The van der Waals surface area contributed by atoms with Crippen LogP contribution in [-0.2, 0) is 49.5 Å². The molecule has 0 aliphatic heterocycles. The molecule has 8 aromatic rings. The first-order chi connectivity index (χ1) is 66.3. The average molecular weight is 2000 g/mol. The summed E-state index contributed by atoms with van der Waals surface area (Å²) in [5.41, 5.74) is 6.30. The molecule has 18 heteroatoms. The zero-order valence-corrected chi connectivity index (χ0v) is 96.0. The van der Waals surface area contributed by atoms with Crippen molar-refractivity contribution >= 4 is 35.6 Å². The van der Waals surface area contributed by atoms with Crippen molar-refractivity contribution in [3.05, 3.63) is 239 Å². The van der Waals surface area contributed by atoms with Crippen molar-refractivity contribution in [3.8, 4) is 46.0 Å². The zero-order chi connectivity index (χ0) is 110. The quantitative estimate of drug-likeness (QED) is 0.0121. The Balaban J connectivity index is -0.00000152. The van der Waals surface area contributed by atoms with Crippen molar-refractivity contribution in [1.82, 2.24) is 0 Å². The van der Waals surface area contributed by atoms with Crippen LogP contribution in [-0.4, -0.2) is 90.7 Å². The van der Waals surface area contributed by atoms with Gasteiger partial charge in [0.1, 0.15) is 63.5 Å². The van der Waals surface area contributed by atoms with E-state index in [4.69, 9.17) is 53.6 Å². The largest absolute Gasteiger partial charge is 0.508 e. The fourth-order valence-corrected chi connectivity index (χ4v) is 12.3. The summed E-state index contributed by atoms with van der Waals surface area (Å²) in [6.07, 6.45) is 16.2. The van der Waals surface area contributed by atoms with Crippen LogP contribution in [0.4, 0.5) is 0 Å². The number of aromatic hydroxyl groups is 5. The van der Waals surface area contributed by atoms with Gasteiger partial charge in [0, 0.05) is 0 Å². The number of carbonyl (C=O) groups is 6. The summed E-state index contributed by atoms with van der Waals surface area (Å²) >= 11 is 0. The highest BCUT2D eigenvalue weighted by Crippen LogP contribution is 2.40. The smallest absolute Gasteiger partial charge is 0.316 e. The van der Waals surface area contributed by atoms with Gasteiger partial charge < -0.3 is 58.7 Å². The number of Topliss-reactive ketones (excluding diaryl/α,β-unsaturated/α-hetero) is 1.